The molecule has 0 atom stereocenters. The molecule has 0 N–H and O–H groups in total. The van der Waals surface area contributed by atoms with Gasteiger partial charge in [0.1, 0.15) is 0 Å². The minimum absolute atomic E-state index is 0.856. The number of hydrogen-bond acceptors (Lipinski definition) is 8. The minimum atomic E-state index is 0.856. The van der Waals surface area contributed by atoms with Crippen LogP contribution < -0.4 is 0 Å². The minimum Gasteiger partial charge on any atom is -0.247 e. The van der Waals surface area contributed by atoms with E-state index < -0.39 is 0 Å². The lowest BCUT2D eigenvalue weighted by molar-refractivity contribution is 1.37. The van der Waals surface area contributed by atoms with Crippen molar-refractivity contribution < 1.29 is 0 Å². The molecule has 0 amide bonds. The lowest BCUT2D eigenvalue weighted by Gasteiger charge is -2.18. The monoisotopic (exact) mass is 1580 g/mol. The fraction of sp³-hybridized carbons (Fsp3) is 0. The summed E-state index contributed by atoms with van der Waals surface area (Å²) in [6.45, 7) is 0. The van der Waals surface area contributed by atoms with E-state index in [1.807, 2.05) is 28.7 Å². The number of aromatic nitrogens is 6. The summed E-state index contributed by atoms with van der Waals surface area (Å²) in [6, 6.07) is 141. The second-order valence-corrected chi connectivity index (χ2v) is 34.3. The van der Waals surface area contributed by atoms with E-state index in [-0.39, 0.29) is 0 Å². The van der Waals surface area contributed by atoms with E-state index in [1.165, 1.54) is 78.2 Å². The third-order valence-electron chi connectivity index (χ3n) is 25.4. The Morgan fingerprint density at radius 3 is 1.20 bits per heavy atom. The van der Waals surface area contributed by atoms with Crippen molar-refractivity contribution in [2.45, 2.75) is 0 Å². The number of rotatable bonds is 9. The predicted octanol–water partition coefficient (Wildman–Crippen LogP) is 31.6. The Kier molecular flexibility index (Phi) is 15.1. The fourth-order valence-electron chi connectivity index (χ4n) is 19.5. The lowest BCUT2D eigenvalue weighted by atomic mass is 9.86. The summed E-state index contributed by atoms with van der Waals surface area (Å²) >= 11 is 3.74. The average molecular weight is 1580 g/mol. The van der Waals surface area contributed by atoms with Gasteiger partial charge in [0.2, 0.25) is 0 Å². The molecule has 0 fully saturated rings. The molecule has 0 radical (unpaired) electrons. The Balaban J connectivity index is 0.549. The Labute approximate surface area is 706 Å². The molecule has 26 aromatic rings. The Morgan fingerprint density at radius 2 is 0.574 bits per heavy atom. The summed E-state index contributed by atoms with van der Waals surface area (Å²) in [5, 5.41) is 25.7. The van der Waals surface area contributed by atoms with E-state index in [1.54, 1.807) is 0 Å². The second-order valence-electron chi connectivity index (χ2n) is 32.1. The van der Waals surface area contributed by atoms with Crippen LogP contribution in [0.15, 0.2) is 388 Å². The van der Waals surface area contributed by atoms with Gasteiger partial charge in [-0.05, 0) is 149 Å². The van der Waals surface area contributed by atoms with Crippen molar-refractivity contribution in [2.24, 2.45) is 0 Å². The zero-order valence-electron chi connectivity index (χ0n) is 65.5. The molecule has 26 rings (SSSR count). The predicted molar refractivity (Wildman–Crippen MR) is 518 cm³/mol. The van der Waals surface area contributed by atoms with E-state index in [9.17, 15) is 0 Å². The number of para-hydroxylation sites is 2. The lowest BCUT2D eigenvalue weighted by Crippen LogP contribution is -1.95. The van der Waals surface area contributed by atoms with Crippen LogP contribution in [0.4, 0.5) is 0 Å². The van der Waals surface area contributed by atoms with Crippen LogP contribution in [0.2, 0.25) is 0 Å². The standard InChI is InChI=1S/C114H64N6S2/c1-3-17-67(18-4-1)95-57-47-72-41-42-73-48-58-97(116-110(73)109(72)115-95)77-46-50-79-75(61-77)44-34-66-33-43-74(62-93(66)79)65-31-37-70(38-32-65)107-92-55-53-88-81-51-45-76(64-102(81)122-114(88)106(92)90-27-12-15-29-99(90)118-107)94-63-78-49-59-100(120-111(78)112-86(94)56-60-96(117-112)68-19-5-2-6-20-68)104-84-24-9-7-22-82(84)103(83-23-8-10-25-85(83)104)69-35-39-71(40-36-69)108-91-54-52-87-80-21-13-16-30-101(80)121-113(87)105(91)89-26-11-14-28-98(89)119-108/h1-64H. The highest BCUT2D eigenvalue weighted by Gasteiger charge is 2.25. The van der Waals surface area contributed by atoms with Gasteiger partial charge < -0.3 is 0 Å². The van der Waals surface area contributed by atoms with E-state index in [0.29, 0.717) is 0 Å². The highest BCUT2D eigenvalue weighted by atomic mass is 32.1. The van der Waals surface area contributed by atoms with E-state index in [4.69, 9.17) is 29.9 Å². The average Bonchev–Trinajstić information content (AvgIpc) is 1.32. The van der Waals surface area contributed by atoms with Gasteiger partial charge in [-0.1, -0.05) is 315 Å². The number of nitrogens with zero attached hydrogens (tertiary/aromatic N) is 6. The topological polar surface area (TPSA) is 77.3 Å². The summed E-state index contributed by atoms with van der Waals surface area (Å²) in [5.74, 6) is 0. The SMILES string of the molecule is c1ccc(-c2ccc3ccc4ccc(-c5ccc6c(ccc7ccc(-c8ccc(-c9nc%10ccccc%10c%10c9ccc9c%11ccc(-c%12cc%13ccc(-c%14c%15ccccc%15c(-c%15ccc(-c%16nc%17ccccc%17c%17c%16ccc%16c%18ccccc%18sc%16%17)cc%15)c%15ccccc%14%15)nc%13c%13nc(-c%14ccccc%14)ccc%12%13)cc%11sc9%10)cc8)cc76)c5)nc4c3n2)cc1. The van der Waals surface area contributed by atoms with Gasteiger partial charge in [0.15, 0.2) is 0 Å². The van der Waals surface area contributed by atoms with Gasteiger partial charge in [0.05, 0.1) is 67.3 Å². The quantitative estimate of drug-likeness (QED) is 0.106. The maximum atomic E-state index is 5.82. The van der Waals surface area contributed by atoms with E-state index in [0.717, 1.165) is 193 Å². The molecule has 562 valence electrons. The number of fused-ring (bicyclic) bond motifs is 25. The first kappa shape index (κ1) is 68.5. The molecule has 8 aromatic heterocycles. The molecule has 0 unspecified atom stereocenters. The molecule has 0 bridgehead atoms. The molecule has 8 heteroatoms. The molecular weight excluding hydrogens is 1520 g/mol. The Bertz CT molecular complexity index is 8950. The van der Waals surface area contributed by atoms with Crippen LogP contribution in [0.25, 0.3) is 271 Å². The molecule has 8 heterocycles. The molecule has 0 spiro atoms. The highest BCUT2D eigenvalue weighted by molar-refractivity contribution is 7.27. The normalized spacial score (nSPS) is 12.1. The summed E-state index contributed by atoms with van der Waals surface area (Å²) in [4.78, 5) is 32.9. The number of benzene rings is 18. The smallest absolute Gasteiger partial charge is 0.0978 e. The molecule has 0 aliphatic carbocycles. The first-order valence-electron chi connectivity index (χ1n) is 41.4. The van der Waals surface area contributed by atoms with Gasteiger partial charge in [-0.3, -0.25) is 0 Å². The molecular formula is C114H64N6S2. The molecule has 0 saturated carbocycles. The molecule has 0 aliphatic rings. The van der Waals surface area contributed by atoms with Gasteiger partial charge in [0, 0.05) is 128 Å². The van der Waals surface area contributed by atoms with Crippen molar-refractivity contribution in [2.75, 3.05) is 0 Å². The number of pyridine rings is 6. The maximum absolute atomic E-state index is 5.82. The van der Waals surface area contributed by atoms with Crippen LogP contribution in [-0.2, 0) is 0 Å². The highest BCUT2D eigenvalue weighted by Crippen LogP contribution is 2.50. The molecule has 6 nitrogen and oxygen atoms in total. The van der Waals surface area contributed by atoms with Gasteiger partial charge in [0.25, 0.3) is 0 Å². The van der Waals surface area contributed by atoms with Crippen LogP contribution in [0, 0.1) is 0 Å². The van der Waals surface area contributed by atoms with Crippen LogP contribution in [-0.4, -0.2) is 29.9 Å². The molecule has 122 heavy (non-hydrogen) atoms. The maximum Gasteiger partial charge on any atom is 0.0978 e. The fourth-order valence-corrected chi connectivity index (χ4v) is 22.1. The molecule has 0 saturated heterocycles. The van der Waals surface area contributed by atoms with Gasteiger partial charge in [-0.15, -0.1) is 22.7 Å². The van der Waals surface area contributed by atoms with Crippen molar-refractivity contribution in [1.82, 2.24) is 29.9 Å². The first-order chi connectivity index (χ1) is 60.4. The zero-order valence-corrected chi connectivity index (χ0v) is 67.1. The van der Waals surface area contributed by atoms with Gasteiger partial charge in [-0.2, -0.15) is 0 Å². The van der Waals surface area contributed by atoms with Crippen LogP contribution in [0.5, 0.6) is 0 Å². The molecule has 0 aliphatic heterocycles. The van der Waals surface area contributed by atoms with Crippen LogP contribution in [0.3, 0.4) is 0 Å². The first-order valence-corrected chi connectivity index (χ1v) is 43.1. The van der Waals surface area contributed by atoms with Crippen molar-refractivity contribution >= 4 is 193 Å². The van der Waals surface area contributed by atoms with Crippen molar-refractivity contribution in [1.29, 1.82) is 0 Å². The number of hydrogen-bond donors (Lipinski definition) is 0. The molecule has 18 aromatic carbocycles. The van der Waals surface area contributed by atoms with E-state index in [2.05, 4.69) is 382 Å². The van der Waals surface area contributed by atoms with Crippen LogP contribution >= 0.6 is 22.7 Å². The Morgan fingerprint density at radius 1 is 0.172 bits per heavy atom. The van der Waals surface area contributed by atoms with Gasteiger partial charge in [-0.25, -0.2) is 29.9 Å². The number of thiophene rings is 2. The van der Waals surface area contributed by atoms with Crippen molar-refractivity contribution in [3.63, 3.8) is 0 Å². The third kappa shape index (κ3) is 10.7. The van der Waals surface area contributed by atoms with Crippen LogP contribution in [0.1, 0.15) is 0 Å². The largest absolute Gasteiger partial charge is 0.247 e. The summed E-state index contributed by atoms with van der Waals surface area (Å²) in [6.07, 6.45) is 0. The van der Waals surface area contributed by atoms with Crippen molar-refractivity contribution in [3.05, 3.63) is 388 Å². The summed E-state index contributed by atoms with van der Waals surface area (Å²) in [5.41, 5.74) is 24.4. The summed E-state index contributed by atoms with van der Waals surface area (Å²) in [7, 11) is 0. The van der Waals surface area contributed by atoms with Crippen molar-refractivity contribution in [3.8, 4) is 101 Å². The second kappa shape index (κ2) is 27.0. The van der Waals surface area contributed by atoms with E-state index >= 15 is 0 Å². The summed E-state index contributed by atoms with van der Waals surface area (Å²) < 4.78 is 5.06. The zero-order chi connectivity index (χ0) is 79.8. The third-order valence-corrected chi connectivity index (χ3v) is 27.8. The van der Waals surface area contributed by atoms with Gasteiger partial charge >= 0.3 is 0 Å². The Hall–Kier alpha value is -15.6.